The summed E-state index contributed by atoms with van der Waals surface area (Å²) in [4.78, 5) is 73.6. The number of ether oxygens (including phenoxy) is 1. The van der Waals surface area contributed by atoms with Crippen molar-refractivity contribution in [3.63, 3.8) is 0 Å². The number of piperazine rings is 3. The topological polar surface area (TPSA) is 216 Å². The molecule has 6 aromatic carbocycles. The summed E-state index contributed by atoms with van der Waals surface area (Å²) in [5.74, 6) is -1.21. The van der Waals surface area contributed by atoms with Crippen LogP contribution in [0, 0.1) is 34.9 Å². The van der Waals surface area contributed by atoms with Crippen LogP contribution in [-0.2, 0) is 6.54 Å². The predicted molar refractivity (Wildman–Crippen MR) is 438 cm³/mol. The van der Waals surface area contributed by atoms with Crippen LogP contribution in [0.3, 0.4) is 0 Å². The van der Waals surface area contributed by atoms with Gasteiger partial charge in [0.05, 0.1) is 49.4 Å². The van der Waals surface area contributed by atoms with E-state index in [0.29, 0.717) is 129 Å². The minimum Gasteiger partial charge on any atom is -0.496 e. The van der Waals surface area contributed by atoms with E-state index in [1.165, 1.54) is 35.9 Å². The quantitative estimate of drug-likeness (QED) is 0.0722. The van der Waals surface area contributed by atoms with Gasteiger partial charge in [-0.3, -0.25) is 19.3 Å². The van der Waals surface area contributed by atoms with E-state index >= 15 is 0 Å². The summed E-state index contributed by atoms with van der Waals surface area (Å²) in [6, 6.07) is 36.0. The minimum atomic E-state index is -0.473. The maximum atomic E-state index is 14.6. The molecule has 0 radical (unpaired) electrons. The standard InChI is InChI=1S/C29H31F2N7O2.C29H31F2N7O.C28H29F2N7O/c1-35-12-14-36(15-13-35)20-6-7-21(26(17-20)40-2)29(39)33-24-18-32-38-11-9-27(34-28(24)38)37-10-3-4-25(37)22-16-19(30)5-8-23(22)31;1-35-13-15-36(16-14-35)19-20-4-6-21(7-5-20)29(39)33-25-18-32-38-12-10-27(34-28(25)38)37-11-2-3-26(37)23-17-22(30)8-9-24(23)31;1-34-13-15-35(16-14-34)21-7-4-19(5-8-21)28(38)32-24-18-31-37-12-10-26(33-27(24)37)36-11-2-3-25(36)22-17-20(29)6-9-23(22)30/h5-9,11,16-18,25H,3-4,10,12-15H2,1-2H3,(H,33,39);4-10,12,17-18,26H,2-3,11,13-16,19H2,1H3,(H,33,39);4-10,12,17-18,25H,2-3,11,13-16H2,1H3,(H,32,38)/t25-;26-;25-/m111/s1. The van der Waals surface area contributed by atoms with Gasteiger partial charge in [-0.15, -0.1) is 0 Å². The molecule has 6 saturated heterocycles. The number of hydrogen-bond donors (Lipinski definition) is 3. The van der Waals surface area contributed by atoms with Crippen LogP contribution in [0.15, 0.2) is 177 Å². The highest BCUT2D eigenvalue weighted by molar-refractivity contribution is 6.08. The number of fused-ring (bicyclic) bond motifs is 3. The number of carbonyl (C=O) groups is 3. The van der Waals surface area contributed by atoms with E-state index in [0.717, 1.165) is 140 Å². The Morgan fingerprint density at radius 1 is 0.402 bits per heavy atom. The lowest BCUT2D eigenvalue weighted by Gasteiger charge is -2.34. The minimum absolute atomic E-state index is 0.246. The Morgan fingerprint density at radius 3 is 1.15 bits per heavy atom. The molecule has 0 saturated carbocycles. The van der Waals surface area contributed by atoms with Crippen molar-refractivity contribution < 1.29 is 45.5 Å². The number of methoxy groups -OCH3 is 1. The van der Waals surface area contributed by atoms with Gasteiger partial charge in [0.1, 0.15) is 75.2 Å². The lowest BCUT2D eigenvalue weighted by molar-refractivity contribution is 0.101. The highest BCUT2D eigenvalue weighted by Crippen LogP contribution is 2.41. The van der Waals surface area contributed by atoms with Gasteiger partial charge in [0.2, 0.25) is 0 Å². The molecule has 12 heterocycles. The molecule has 6 aliphatic rings. The molecule has 0 bridgehead atoms. The van der Waals surface area contributed by atoms with E-state index in [4.69, 9.17) is 19.7 Å². The molecule has 3 N–H and O–H groups in total. The van der Waals surface area contributed by atoms with Crippen molar-refractivity contribution in [3.8, 4) is 5.75 Å². The molecule has 0 spiro atoms. The molecule has 6 aliphatic heterocycles. The second-order valence-corrected chi connectivity index (χ2v) is 30.5. The summed E-state index contributed by atoms with van der Waals surface area (Å²) < 4.78 is 95.8. The van der Waals surface area contributed by atoms with Gasteiger partial charge in [-0.2, -0.15) is 15.3 Å². The SMILES string of the molecule is CN1CCN(Cc2ccc(C(=O)Nc3cnn4ccc(N5CCC[C@@H]5c5cc(F)ccc5F)nc34)cc2)CC1.CN1CCN(c2ccc(C(=O)Nc3cnn4ccc(N5CCC[C@@H]5c5cc(F)ccc5F)nc34)cc2)CC1.COc1cc(N2CCN(C)CC2)ccc1C(=O)Nc1cnn2ccc(N3CCC[C@@H]3c3cc(F)ccc3F)nc12. The molecule has 0 aliphatic carbocycles. The van der Waals surface area contributed by atoms with Gasteiger partial charge < -0.3 is 59.9 Å². The average Bonchev–Trinajstić information content (AvgIpc) is 1.65. The maximum absolute atomic E-state index is 14.6. The van der Waals surface area contributed by atoms with Crippen LogP contribution in [-0.4, -0.2) is 208 Å². The van der Waals surface area contributed by atoms with Crippen LogP contribution < -0.4 is 45.2 Å². The number of hydrogen-bond acceptors (Lipinski definition) is 19. The number of benzene rings is 6. The van der Waals surface area contributed by atoms with E-state index in [9.17, 15) is 40.7 Å². The molecule has 117 heavy (non-hydrogen) atoms. The van der Waals surface area contributed by atoms with Crippen molar-refractivity contribution in [2.75, 3.05) is 167 Å². The molecule has 6 fully saturated rings. The number of halogens is 6. The Bertz CT molecular complexity index is 5570. The molecular formula is C86H91F6N21O4. The first-order chi connectivity index (χ1) is 56.8. The number of amides is 3. The maximum Gasteiger partial charge on any atom is 0.259 e. The van der Waals surface area contributed by atoms with E-state index < -0.39 is 34.9 Å². The molecule has 25 nitrogen and oxygen atoms in total. The van der Waals surface area contributed by atoms with Gasteiger partial charge in [-0.25, -0.2) is 54.8 Å². The third-order valence-corrected chi connectivity index (χ3v) is 22.9. The predicted octanol–water partition coefficient (Wildman–Crippen LogP) is 13.1. The van der Waals surface area contributed by atoms with E-state index in [2.05, 4.69) is 81.8 Å². The van der Waals surface area contributed by atoms with Gasteiger partial charge in [-0.1, -0.05) is 12.1 Å². The van der Waals surface area contributed by atoms with Crippen molar-refractivity contribution in [2.45, 2.75) is 63.2 Å². The molecular weight excluding hydrogens is 1510 g/mol. The first-order valence-electron chi connectivity index (χ1n) is 39.6. The van der Waals surface area contributed by atoms with Crippen LogP contribution in [0.2, 0.25) is 0 Å². The summed E-state index contributed by atoms with van der Waals surface area (Å²) in [5.41, 5.74) is 8.56. The molecule has 606 valence electrons. The summed E-state index contributed by atoms with van der Waals surface area (Å²) in [6.45, 7) is 14.8. The van der Waals surface area contributed by atoms with Crippen LogP contribution in [0.25, 0.3) is 16.9 Å². The largest absolute Gasteiger partial charge is 0.496 e. The molecule has 3 atom stereocenters. The van der Waals surface area contributed by atoms with Gasteiger partial charge in [0, 0.05) is 169 Å². The van der Waals surface area contributed by atoms with Gasteiger partial charge >= 0.3 is 0 Å². The summed E-state index contributed by atoms with van der Waals surface area (Å²) in [6.07, 6.45) is 14.5. The zero-order valence-electron chi connectivity index (χ0n) is 65.5. The monoisotopic (exact) mass is 1600 g/mol. The third kappa shape index (κ3) is 17.5. The number of carbonyl (C=O) groups excluding carboxylic acids is 3. The Balaban J connectivity index is 0.000000131. The summed E-state index contributed by atoms with van der Waals surface area (Å²) >= 11 is 0. The van der Waals surface area contributed by atoms with Crippen molar-refractivity contribution in [2.24, 2.45) is 0 Å². The average molecular weight is 1600 g/mol. The third-order valence-electron chi connectivity index (χ3n) is 22.9. The second kappa shape index (κ2) is 34.7. The molecule has 31 heteroatoms. The summed E-state index contributed by atoms with van der Waals surface area (Å²) in [5, 5.41) is 21.8. The summed E-state index contributed by atoms with van der Waals surface area (Å²) in [7, 11) is 7.92. The van der Waals surface area contributed by atoms with E-state index in [1.54, 1.807) is 82.1 Å². The van der Waals surface area contributed by atoms with Crippen molar-refractivity contribution in [1.82, 2.24) is 63.4 Å². The number of likely N-dealkylation sites (N-methyl/N-ethyl adjacent to an activating group) is 3. The van der Waals surface area contributed by atoms with Gasteiger partial charge in [0.15, 0.2) is 16.9 Å². The first kappa shape index (κ1) is 78.7. The zero-order valence-corrected chi connectivity index (χ0v) is 65.5. The van der Waals surface area contributed by atoms with Crippen molar-refractivity contribution >= 4 is 80.6 Å². The van der Waals surface area contributed by atoms with Crippen LogP contribution in [0.5, 0.6) is 5.75 Å². The normalized spacial score (nSPS) is 18.3. The fourth-order valence-corrected chi connectivity index (χ4v) is 16.3. The Morgan fingerprint density at radius 2 is 0.761 bits per heavy atom. The lowest BCUT2D eigenvalue weighted by atomic mass is 10.0. The van der Waals surface area contributed by atoms with Crippen molar-refractivity contribution in [1.29, 1.82) is 0 Å². The highest BCUT2D eigenvalue weighted by Gasteiger charge is 2.34. The van der Waals surface area contributed by atoms with E-state index in [-0.39, 0.29) is 35.8 Å². The first-order valence-corrected chi connectivity index (χ1v) is 39.6. The number of anilines is 8. The lowest BCUT2D eigenvalue weighted by Crippen LogP contribution is -2.44. The van der Waals surface area contributed by atoms with Gasteiger partial charge in [-0.05, 0) is 187 Å². The van der Waals surface area contributed by atoms with Crippen LogP contribution >= 0.6 is 0 Å². The molecule has 0 unspecified atom stereocenters. The van der Waals surface area contributed by atoms with E-state index in [1.807, 2.05) is 75.4 Å². The molecule has 18 rings (SSSR count). The smallest absolute Gasteiger partial charge is 0.259 e. The number of nitrogens with zero attached hydrogens (tertiary/aromatic N) is 18. The fourth-order valence-electron chi connectivity index (χ4n) is 16.3. The molecule has 3 amide bonds. The zero-order chi connectivity index (χ0) is 81.0. The number of rotatable bonds is 17. The number of aromatic nitrogens is 9. The van der Waals surface area contributed by atoms with Crippen molar-refractivity contribution in [3.05, 3.63) is 251 Å². The molecule has 12 aromatic rings. The Hall–Kier alpha value is -12.2. The molecule has 6 aromatic heterocycles. The highest BCUT2D eigenvalue weighted by atomic mass is 19.1. The Labute approximate surface area is 672 Å². The van der Waals surface area contributed by atoms with Crippen LogP contribution in [0.1, 0.15) is 110 Å². The Kier molecular flexibility index (Phi) is 23.3. The van der Waals surface area contributed by atoms with Crippen LogP contribution in [0.4, 0.5) is 72.2 Å². The fraction of sp³-hybridized carbons (Fsp3) is 0.337. The number of nitrogens with one attached hydrogen (secondary N) is 3. The van der Waals surface area contributed by atoms with Gasteiger partial charge in [0.25, 0.3) is 17.7 Å². The second-order valence-electron chi connectivity index (χ2n) is 30.5.